The van der Waals surface area contributed by atoms with E-state index in [1.807, 2.05) is 0 Å². The molecule has 0 bridgehead atoms. The summed E-state index contributed by atoms with van der Waals surface area (Å²) in [7, 11) is 1.41. The molecule has 0 radical (unpaired) electrons. The maximum absolute atomic E-state index is 13.4. The summed E-state index contributed by atoms with van der Waals surface area (Å²) < 4.78 is 23.6. The van der Waals surface area contributed by atoms with Gasteiger partial charge in [0.2, 0.25) is 11.7 Å². The van der Waals surface area contributed by atoms with Crippen LogP contribution in [0.3, 0.4) is 0 Å². The van der Waals surface area contributed by atoms with Gasteiger partial charge in [0.1, 0.15) is 0 Å². The van der Waals surface area contributed by atoms with Crippen LogP contribution < -0.4 is 10.5 Å². The number of methoxy groups -OCH3 is 1. The van der Waals surface area contributed by atoms with Crippen molar-refractivity contribution in [2.24, 2.45) is 5.73 Å². The lowest BCUT2D eigenvalue weighted by Crippen LogP contribution is -2.33. The molecule has 106 valence electrons. The zero-order chi connectivity index (χ0) is 14.2. The van der Waals surface area contributed by atoms with E-state index in [0.717, 1.165) is 25.7 Å². The quantitative estimate of drug-likeness (QED) is 0.933. The number of aromatic nitrogens is 2. The summed E-state index contributed by atoms with van der Waals surface area (Å²) in [5.74, 6) is 0.576. The Bertz CT molecular complexity index is 621. The molecular formula is C14H16FN3O2. The van der Waals surface area contributed by atoms with Gasteiger partial charge in [-0.2, -0.15) is 4.98 Å². The summed E-state index contributed by atoms with van der Waals surface area (Å²) in [5, 5.41) is 3.94. The third-order valence-corrected chi connectivity index (χ3v) is 3.76. The first kappa shape index (κ1) is 13.1. The van der Waals surface area contributed by atoms with Crippen LogP contribution in [0.15, 0.2) is 22.7 Å². The van der Waals surface area contributed by atoms with Gasteiger partial charge in [0.05, 0.1) is 12.6 Å². The topological polar surface area (TPSA) is 74.2 Å². The van der Waals surface area contributed by atoms with Crippen molar-refractivity contribution in [2.75, 3.05) is 7.11 Å². The van der Waals surface area contributed by atoms with Gasteiger partial charge < -0.3 is 15.0 Å². The zero-order valence-corrected chi connectivity index (χ0v) is 11.2. The first-order chi connectivity index (χ1) is 9.62. The largest absolute Gasteiger partial charge is 0.494 e. The Morgan fingerprint density at radius 2 is 2.10 bits per heavy atom. The summed E-state index contributed by atoms with van der Waals surface area (Å²) in [5.41, 5.74) is 6.39. The highest BCUT2D eigenvalue weighted by atomic mass is 19.1. The lowest BCUT2D eigenvalue weighted by atomic mass is 9.99. The number of hydrogen-bond acceptors (Lipinski definition) is 5. The maximum Gasteiger partial charge on any atom is 0.247 e. The van der Waals surface area contributed by atoms with Gasteiger partial charge in [-0.1, -0.05) is 18.0 Å². The molecule has 1 heterocycles. The van der Waals surface area contributed by atoms with Gasteiger partial charge >= 0.3 is 0 Å². The molecule has 1 aliphatic carbocycles. The normalized spacial score (nSPS) is 17.4. The first-order valence-corrected chi connectivity index (χ1v) is 6.59. The molecule has 2 aromatic rings. The highest BCUT2D eigenvalue weighted by Gasteiger charge is 2.36. The Kier molecular flexibility index (Phi) is 3.17. The molecule has 20 heavy (non-hydrogen) atoms. The number of nitrogens with zero attached hydrogens (tertiary/aromatic N) is 2. The van der Waals surface area contributed by atoms with Crippen LogP contribution in [0.2, 0.25) is 0 Å². The average Bonchev–Trinajstić information content (AvgIpc) is 3.09. The van der Waals surface area contributed by atoms with Crippen LogP contribution in [0.4, 0.5) is 4.39 Å². The molecule has 3 rings (SSSR count). The van der Waals surface area contributed by atoms with Crippen LogP contribution in [0.5, 0.6) is 5.75 Å². The monoisotopic (exact) mass is 277 g/mol. The van der Waals surface area contributed by atoms with E-state index in [9.17, 15) is 4.39 Å². The van der Waals surface area contributed by atoms with Gasteiger partial charge in [-0.15, -0.1) is 0 Å². The summed E-state index contributed by atoms with van der Waals surface area (Å²) in [6.07, 6.45) is 3.83. The Hall–Kier alpha value is -1.95. The van der Waals surface area contributed by atoms with Crippen LogP contribution in [0.25, 0.3) is 11.4 Å². The number of nitrogens with two attached hydrogens (primary N) is 1. The van der Waals surface area contributed by atoms with Crippen LogP contribution >= 0.6 is 0 Å². The van der Waals surface area contributed by atoms with Crippen molar-refractivity contribution in [1.29, 1.82) is 0 Å². The van der Waals surface area contributed by atoms with Crippen molar-refractivity contribution in [1.82, 2.24) is 10.1 Å². The number of halogens is 1. The van der Waals surface area contributed by atoms with Gasteiger partial charge in [-0.25, -0.2) is 4.39 Å². The van der Waals surface area contributed by atoms with Gasteiger partial charge in [0, 0.05) is 5.56 Å². The molecule has 1 aliphatic rings. The summed E-state index contributed by atoms with van der Waals surface area (Å²) in [4.78, 5) is 4.36. The number of hydrogen-bond donors (Lipinski definition) is 1. The molecule has 0 atom stereocenters. The number of rotatable bonds is 3. The highest BCUT2D eigenvalue weighted by Crippen LogP contribution is 2.36. The van der Waals surface area contributed by atoms with Crippen LogP contribution in [0, 0.1) is 5.82 Å². The minimum atomic E-state index is -0.518. The second-order valence-corrected chi connectivity index (χ2v) is 5.14. The minimum Gasteiger partial charge on any atom is -0.494 e. The Balaban J connectivity index is 1.94. The number of ether oxygens (including phenoxy) is 1. The van der Waals surface area contributed by atoms with E-state index in [-0.39, 0.29) is 5.75 Å². The third-order valence-electron chi connectivity index (χ3n) is 3.76. The standard InChI is InChI=1S/C14H16FN3O2/c1-19-11-8-9(4-5-10(11)15)12-17-13(20-18-12)14(16)6-2-3-7-14/h4-5,8H,2-3,6-7,16H2,1H3. The van der Waals surface area contributed by atoms with Crippen molar-refractivity contribution in [3.05, 3.63) is 29.9 Å². The predicted molar refractivity (Wildman–Crippen MR) is 70.6 cm³/mol. The summed E-state index contributed by atoms with van der Waals surface area (Å²) in [6, 6.07) is 4.45. The van der Waals surface area contributed by atoms with Crippen LogP contribution in [-0.4, -0.2) is 17.3 Å². The third kappa shape index (κ3) is 2.16. The Morgan fingerprint density at radius 1 is 1.35 bits per heavy atom. The fraction of sp³-hybridized carbons (Fsp3) is 0.429. The van der Waals surface area contributed by atoms with Crippen LogP contribution in [-0.2, 0) is 5.54 Å². The lowest BCUT2D eigenvalue weighted by molar-refractivity contribution is 0.285. The molecule has 1 aromatic heterocycles. The van der Waals surface area contributed by atoms with Crippen molar-refractivity contribution in [3.8, 4) is 17.1 Å². The van der Waals surface area contributed by atoms with E-state index in [4.69, 9.17) is 15.0 Å². The molecule has 1 saturated carbocycles. The SMILES string of the molecule is COc1cc(-c2noc(C3(N)CCCC3)n2)ccc1F. The molecule has 1 fully saturated rings. The van der Waals surface area contributed by atoms with E-state index >= 15 is 0 Å². The second kappa shape index (κ2) is 4.86. The van der Waals surface area contributed by atoms with Gasteiger partial charge in [-0.05, 0) is 31.0 Å². The Labute approximate surface area is 115 Å². The molecule has 0 saturated heterocycles. The predicted octanol–water partition coefficient (Wildman–Crippen LogP) is 2.61. The lowest BCUT2D eigenvalue weighted by Gasteiger charge is -2.17. The van der Waals surface area contributed by atoms with Gasteiger partial charge in [-0.3, -0.25) is 0 Å². The van der Waals surface area contributed by atoms with Crippen LogP contribution in [0.1, 0.15) is 31.6 Å². The molecule has 6 heteroatoms. The smallest absolute Gasteiger partial charge is 0.247 e. The molecule has 0 spiro atoms. The molecular weight excluding hydrogens is 261 g/mol. The maximum atomic E-state index is 13.4. The molecule has 1 aromatic carbocycles. The van der Waals surface area contributed by atoms with Crippen molar-refractivity contribution in [3.63, 3.8) is 0 Å². The Morgan fingerprint density at radius 3 is 2.80 bits per heavy atom. The average molecular weight is 277 g/mol. The molecule has 2 N–H and O–H groups in total. The highest BCUT2D eigenvalue weighted by molar-refractivity contribution is 5.57. The second-order valence-electron chi connectivity index (χ2n) is 5.14. The van der Waals surface area contributed by atoms with Gasteiger partial charge in [0.15, 0.2) is 11.6 Å². The fourth-order valence-electron chi connectivity index (χ4n) is 2.56. The van der Waals surface area contributed by atoms with E-state index < -0.39 is 11.4 Å². The van der Waals surface area contributed by atoms with E-state index in [1.54, 1.807) is 12.1 Å². The van der Waals surface area contributed by atoms with Crippen molar-refractivity contribution < 1.29 is 13.7 Å². The zero-order valence-electron chi connectivity index (χ0n) is 11.2. The first-order valence-electron chi connectivity index (χ1n) is 6.59. The molecule has 0 amide bonds. The van der Waals surface area contributed by atoms with E-state index in [0.29, 0.717) is 17.3 Å². The van der Waals surface area contributed by atoms with Crippen molar-refractivity contribution in [2.45, 2.75) is 31.2 Å². The fourth-order valence-corrected chi connectivity index (χ4v) is 2.56. The van der Waals surface area contributed by atoms with Crippen molar-refractivity contribution >= 4 is 0 Å². The number of benzene rings is 1. The molecule has 0 aliphatic heterocycles. The van der Waals surface area contributed by atoms with Gasteiger partial charge in [0.25, 0.3) is 0 Å². The van der Waals surface area contributed by atoms with E-state index in [1.165, 1.54) is 13.2 Å². The molecule has 5 nitrogen and oxygen atoms in total. The van der Waals surface area contributed by atoms with E-state index in [2.05, 4.69) is 10.1 Å². The summed E-state index contributed by atoms with van der Waals surface area (Å²) in [6.45, 7) is 0. The molecule has 0 unspecified atom stereocenters. The summed E-state index contributed by atoms with van der Waals surface area (Å²) >= 11 is 0. The minimum absolute atomic E-state index is 0.150.